The highest BCUT2D eigenvalue weighted by molar-refractivity contribution is 7.93. The number of benzene rings is 2. The van der Waals surface area contributed by atoms with Gasteiger partial charge in [-0.15, -0.1) is 0 Å². The molecule has 2 aromatic rings. The highest BCUT2D eigenvalue weighted by Gasteiger charge is 2.34. The molecule has 0 amide bonds. The summed E-state index contributed by atoms with van der Waals surface area (Å²) in [5, 5.41) is -0.165. The average Bonchev–Trinajstić information content (AvgIpc) is 2.60. The quantitative estimate of drug-likeness (QED) is 0.645. The number of ether oxygens (including phenoxy) is 1. The second-order valence-corrected chi connectivity index (χ2v) is 7.89. The molecule has 146 valence electrons. The molecule has 5 nitrogen and oxygen atoms in total. The molecule has 0 heterocycles. The first-order chi connectivity index (χ1) is 12.5. The number of anilines is 1. The van der Waals surface area contributed by atoms with Crippen molar-refractivity contribution in [1.82, 2.24) is 0 Å². The van der Waals surface area contributed by atoms with E-state index < -0.39 is 39.2 Å². The molecular weight excluding hydrogens is 430 g/mol. The fraction of sp³-hybridized carbons (Fsp3) is 0.188. The molecule has 0 unspecified atom stereocenters. The molecule has 0 radical (unpaired) electrons. The van der Waals surface area contributed by atoms with E-state index in [1.54, 1.807) is 0 Å². The van der Waals surface area contributed by atoms with Crippen molar-refractivity contribution in [3.63, 3.8) is 0 Å². The average molecular weight is 442 g/mol. The number of alkyl halides is 3. The molecule has 2 rings (SSSR count). The topological polar surface area (TPSA) is 63.7 Å². The van der Waals surface area contributed by atoms with Crippen LogP contribution >= 0.6 is 23.2 Å². The zero-order valence-corrected chi connectivity index (χ0v) is 16.0. The van der Waals surface area contributed by atoms with E-state index in [9.17, 15) is 26.4 Å². The maximum atomic E-state index is 13.0. The monoisotopic (exact) mass is 441 g/mol. The number of rotatable bonds is 5. The van der Waals surface area contributed by atoms with Crippen LogP contribution < -0.4 is 4.31 Å². The van der Waals surface area contributed by atoms with Gasteiger partial charge in [0, 0.05) is 5.02 Å². The van der Waals surface area contributed by atoms with Gasteiger partial charge in [0.25, 0.3) is 10.0 Å². The summed E-state index contributed by atoms with van der Waals surface area (Å²) in [5.74, 6) is -0.978. The summed E-state index contributed by atoms with van der Waals surface area (Å²) in [4.78, 5) is 11.2. The Kier molecular flexibility index (Phi) is 6.28. The van der Waals surface area contributed by atoms with Gasteiger partial charge in [-0.1, -0.05) is 29.3 Å². The van der Waals surface area contributed by atoms with Crippen LogP contribution in [-0.4, -0.2) is 28.0 Å². The van der Waals surface area contributed by atoms with Crippen molar-refractivity contribution in [2.24, 2.45) is 0 Å². The Morgan fingerprint density at radius 1 is 1.15 bits per heavy atom. The SMILES string of the molecule is COC(=O)CN(c1cccc(C(F)(F)F)c1)S(=O)(=O)c1cc(Cl)ccc1Cl. The number of hydrogen-bond donors (Lipinski definition) is 0. The number of methoxy groups -OCH3 is 1. The fourth-order valence-electron chi connectivity index (χ4n) is 2.13. The molecule has 0 atom stereocenters. The van der Waals surface area contributed by atoms with Crippen molar-refractivity contribution in [3.8, 4) is 0 Å². The number of nitrogens with zero attached hydrogens (tertiary/aromatic N) is 1. The molecule has 2 aromatic carbocycles. The minimum absolute atomic E-state index is 0.0417. The molecule has 27 heavy (non-hydrogen) atoms. The highest BCUT2D eigenvalue weighted by Crippen LogP contribution is 2.34. The van der Waals surface area contributed by atoms with Gasteiger partial charge >= 0.3 is 12.1 Å². The lowest BCUT2D eigenvalue weighted by Gasteiger charge is -2.24. The standard InChI is InChI=1S/C16H12Cl2F3NO4S/c1-26-15(23)9-22(12-4-2-3-10(7-12)16(19,20)21)27(24,25)14-8-11(17)5-6-13(14)18/h2-8H,9H2,1H3. The molecule has 0 aliphatic carbocycles. The Morgan fingerprint density at radius 2 is 1.81 bits per heavy atom. The van der Waals surface area contributed by atoms with Crippen molar-refractivity contribution in [3.05, 3.63) is 58.1 Å². The summed E-state index contributed by atoms with van der Waals surface area (Å²) in [7, 11) is -3.51. The smallest absolute Gasteiger partial charge is 0.416 e. The van der Waals surface area contributed by atoms with E-state index in [-0.39, 0.29) is 15.7 Å². The third-order valence-electron chi connectivity index (χ3n) is 3.42. The number of esters is 1. The van der Waals surface area contributed by atoms with Crippen molar-refractivity contribution in [2.75, 3.05) is 18.0 Å². The lowest BCUT2D eigenvalue weighted by atomic mass is 10.2. The molecule has 0 saturated carbocycles. The predicted molar refractivity (Wildman–Crippen MR) is 94.5 cm³/mol. The summed E-state index contributed by atoms with van der Waals surface area (Å²) in [6.45, 7) is -0.858. The molecule has 11 heteroatoms. The molecular formula is C16H12Cl2F3NO4S. The Morgan fingerprint density at radius 3 is 2.41 bits per heavy atom. The highest BCUT2D eigenvalue weighted by atomic mass is 35.5. The van der Waals surface area contributed by atoms with Crippen molar-refractivity contribution >= 4 is 44.9 Å². The second kappa shape index (κ2) is 7.95. The number of carbonyl (C=O) groups excluding carboxylic acids is 1. The minimum Gasteiger partial charge on any atom is -0.468 e. The van der Waals surface area contributed by atoms with Crippen LogP contribution in [0.5, 0.6) is 0 Å². The summed E-state index contributed by atoms with van der Waals surface area (Å²) < 4.78 is 70.0. The molecule has 0 aliphatic heterocycles. The first-order valence-corrected chi connectivity index (χ1v) is 9.38. The third-order valence-corrected chi connectivity index (χ3v) is 5.91. The van der Waals surface area contributed by atoms with Gasteiger partial charge in [-0.3, -0.25) is 9.10 Å². The predicted octanol–water partition coefficient (Wildman–Crippen LogP) is 4.38. The van der Waals surface area contributed by atoms with Gasteiger partial charge in [-0.2, -0.15) is 13.2 Å². The van der Waals surface area contributed by atoms with Crippen molar-refractivity contribution < 1.29 is 31.1 Å². The number of hydrogen-bond acceptors (Lipinski definition) is 4. The van der Waals surface area contributed by atoms with Gasteiger partial charge in [0.1, 0.15) is 11.4 Å². The van der Waals surface area contributed by atoms with Gasteiger partial charge < -0.3 is 4.74 Å². The molecule has 0 spiro atoms. The molecule has 0 fully saturated rings. The van der Waals surface area contributed by atoms with Gasteiger partial charge in [0.2, 0.25) is 0 Å². The van der Waals surface area contributed by atoms with E-state index in [1.165, 1.54) is 12.1 Å². The Balaban J connectivity index is 2.65. The second-order valence-electron chi connectivity index (χ2n) is 5.21. The number of carbonyl (C=O) groups is 1. The van der Waals surface area contributed by atoms with Crippen LogP contribution in [0.1, 0.15) is 5.56 Å². The van der Waals surface area contributed by atoms with Crippen LogP contribution in [0.4, 0.5) is 18.9 Å². The lowest BCUT2D eigenvalue weighted by molar-refractivity contribution is -0.139. The third kappa shape index (κ3) is 4.85. The van der Waals surface area contributed by atoms with Crippen molar-refractivity contribution in [1.29, 1.82) is 0 Å². The summed E-state index contributed by atoms with van der Waals surface area (Å²) >= 11 is 11.7. The van der Waals surface area contributed by atoms with Crippen LogP contribution in [0.3, 0.4) is 0 Å². The van der Waals surface area contributed by atoms with E-state index >= 15 is 0 Å². The molecule has 0 N–H and O–H groups in total. The lowest BCUT2D eigenvalue weighted by Crippen LogP contribution is -2.36. The van der Waals surface area contributed by atoms with Crippen LogP contribution in [0.25, 0.3) is 0 Å². The molecule has 0 aromatic heterocycles. The zero-order chi connectivity index (χ0) is 20.4. The first-order valence-electron chi connectivity index (χ1n) is 7.18. The minimum atomic E-state index is -4.70. The summed E-state index contributed by atoms with van der Waals surface area (Å²) in [5.41, 5.74) is -1.46. The summed E-state index contributed by atoms with van der Waals surface area (Å²) in [6.07, 6.45) is -4.70. The van der Waals surface area contributed by atoms with Crippen molar-refractivity contribution in [2.45, 2.75) is 11.1 Å². The van der Waals surface area contributed by atoms with E-state index in [0.717, 1.165) is 31.4 Å². The molecule has 0 aliphatic rings. The van der Waals surface area contributed by atoms with Crippen LogP contribution in [0, 0.1) is 0 Å². The number of sulfonamides is 1. The van der Waals surface area contributed by atoms with E-state index in [2.05, 4.69) is 4.74 Å². The maximum absolute atomic E-state index is 13.0. The van der Waals surface area contributed by atoms with E-state index in [1.807, 2.05) is 0 Å². The van der Waals surface area contributed by atoms with Crippen LogP contribution in [0.2, 0.25) is 10.0 Å². The number of halogens is 5. The first kappa shape index (κ1) is 21.3. The summed E-state index contributed by atoms with van der Waals surface area (Å²) in [6, 6.07) is 7.14. The van der Waals surface area contributed by atoms with E-state index in [4.69, 9.17) is 23.2 Å². The van der Waals surface area contributed by atoms with Crippen LogP contribution in [-0.2, 0) is 25.7 Å². The zero-order valence-electron chi connectivity index (χ0n) is 13.6. The van der Waals surface area contributed by atoms with Gasteiger partial charge in [0.15, 0.2) is 0 Å². The molecule has 0 bridgehead atoms. The fourth-order valence-corrected chi connectivity index (χ4v) is 4.27. The van der Waals surface area contributed by atoms with Crippen LogP contribution in [0.15, 0.2) is 47.4 Å². The normalized spacial score (nSPS) is 11.9. The largest absolute Gasteiger partial charge is 0.468 e. The van der Waals surface area contributed by atoms with Gasteiger partial charge in [-0.05, 0) is 36.4 Å². The maximum Gasteiger partial charge on any atom is 0.416 e. The van der Waals surface area contributed by atoms with Gasteiger partial charge in [-0.25, -0.2) is 8.42 Å². The Labute approximate surface area is 163 Å². The Bertz CT molecular complexity index is 964. The molecule has 0 saturated heterocycles. The Hall–Kier alpha value is -1.97. The van der Waals surface area contributed by atoms with Gasteiger partial charge in [0.05, 0.1) is 23.4 Å². The van der Waals surface area contributed by atoms with E-state index in [0.29, 0.717) is 10.4 Å².